The molecule has 1 atom stereocenters. The van der Waals surface area contributed by atoms with Crippen molar-refractivity contribution in [3.63, 3.8) is 0 Å². The first-order valence-corrected chi connectivity index (χ1v) is 5.50. The molecule has 0 radical (unpaired) electrons. The largest absolute Gasteiger partial charge is 0.459 e. The van der Waals surface area contributed by atoms with Crippen molar-refractivity contribution in [3.8, 4) is 0 Å². The summed E-state index contributed by atoms with van der Waals surface area (Å²) in [4.78, 5) is 10.6. The zero-order valence-electron chi connectivity index (χ0n) is 9.58. The minimum atomic E-state index is -0.215. The van der Waals surface area contributed by atoms with E-state index in [1.54, 1.807) is 0 Å². The summed E-state index contributed by atoms with van der Waals surface area (Å²) in [7, 11) is 0. The summed E-state index contributed by atoms with van der Waals surface area (Å²) in [6.07, 6.45) is 10.2. The second-order valence-electron chi connectivity index (χ2n) is 3.59. The Morgan fingerprint density at radius 2 is 2.07 bits per heavy atom. The average Bonchev–Trinajstić information content (AvgIpc) is 2.10. The van der Waals surface area contributed by atoms with Crippen LogP contribution in [0.3, 0.4) is 0 Å². The molecule has 82 valence electrons. The lowest BCUT2D eigenvalue weighted by Gasteiger charge is -2.05. The second kappa shape index (κ2) is 8.79. The maximum atomic E-state index is 10.6. The van der Waals surface area contributed by atoms with E-state index < -0.39 is 0 Å². The van der Waals surface area contributed by atoms with Crippen LogP contribution >= 0.6 is 0 Å². The van der Waals surface area contributed by atoms with Crippen molar-refractivity contribution in [2.45, 2.75) is 59.0 Å². The predicted molar refractivity (Wildman–Crippen MR) is 59.1 cm³/mol. The summed E-state index contributed by atoms with van der Waals surface area (Å²) in [5, 5.41) is 0. The second-order valence-corrected chi connectivity index (χ2v) is 3.59. The monoisotopic (exact) mass is 198 g/mol. The SMILES string of the molecule is CCCCCC/C=C/C(C)OC(C)=O. The van der Waals surface area contributed by atoms with Gasteiger partial charge in [0.15, 0.2) is 0 Å². The smallest absolute Gasteiger partial charge is 0.303 e. The molecular weight excluding hydrogens is 176 g/mol. The molecule has 0 bridgehead atoms. The third-order valence-electron chi connectivity index (χ3n) is 1.98. The number of esters is 1. The lowest BCUT2D eigenvalue weighted by Crippen LogP contribution is -2.08. The number of ether oxygens (including phenoxy) is 1. The molecule has 2 heteroatoms. The Morgan fingerprint density at radius 3 is 2.64 bits per heavy atom. The van der Waals surface area contributed by atoms with Crippen molar-refractivity contribution >= 4 is 5.97 Å². The van der Waals surface area contributed by atoms with Crippen molar-refractivity contribution in [2.75, 3.05) is 0 Å². The molecule has 0 aliphatic carbocycles. The topological polar surface area (TPSA) is 26.3 Å². The third kappa shape index (κ3) is 9.30. The van der Waals surface area contributed by atoms with E-state index in [2.05, 4.69) is 13.0 Å². The van der Waals surface area contributed by atoms with Crippen molar-refractivity contribution in [1.82, 2.24) is 0 Å². The first kappa shape index (κ1) is 13.2. The number of unbranched alkanes of at least 4 members (excludes halogenated alkanes) is 4. The molecule has 1 unspecified atom stereocenters. The van der Waals surface area contributed by atoms with Crippen molar-refractivity contribution in [3.05, 3.63) is 12.2 Å². The minimum Gasteiger partial charge on any atom is -0.459 e. The summed E-state index contributed by atoms with van der Waals surface area (Å²) in [5.74, 6) is -0.215. The van der Waals surface area contributed by atoms with E-state index in [4.69, 9.17) is 4.74 Å². The normalized spacial score (nSPS) is 13.1. The van der Waals surface area contributed by atoms with Gasteiger partial charge in [0.1, 0.15) is 6.10 Å². The van der Waals surface area contributed by atoms with Crippen LogP contribution in [0.15, 0.2) is 12.2 Å². The fraction of sp³-hybridized carbons (Fsp3) is 0.750. The molecule has 0 amide bonds. The Bertz CT molecular complexity index is 173. The van der Waals surface area contributed by atoms with Gasteiger partial charge >= 0.3 is 5.97 Å². The number of hydrogen-bond donors (Lipinski definition) is 0. The van der Waals surface area contributed by atoms with Gasteiger partial charge in [-0.15, -0.1) is 0 Å². The molecule has 0 saturated carbocycles. The van der Waals surface area contributed by atoms with Gasteiger partial charge in [-0.25, -0.2) is 0 Å². The van der Waals surface area contributed by atoms with Crippen molar-refractivity contribution < 1.29 is 9.53 Å². The van der Waals surface area contributed by atoms with Crippen molar-refractivity contribution in [1.29, 1.82) is 0 Å². The van der Waals surface area contributed by atoms with Crippen LogP contribution in [0.5, 0.6) is 0 Å². The molecule has 0 aliphatic rings. The van der Waals surface area contributed by atoms with Crippen molar-refractivity contribution in [2.24, 2.45) is 0 Å². The summed E-state index contributed by atoms with van der Waals surface area (Å²) < 4.78 is 4.95. The van der Waals surface area contributed by atoms with Crippen LogP contribution in [0, 0.1) is 0 Å². The van der Waals surface area contributed by atoms with Crippen LogP contribution in [0.2, 0.25) is 0 Å². The lowest BCUT2D eigenvalue weighted by atomic mass is 10.1. The van der Waals surface area contributed by atoms with Gasteiger partial charge in [0, 0.05) is 6.92 Å². The van der Waals surface area contributed by atoms with E-state index in [1.165, 1.54) is 32.6 Å². The van der Waals surface area contributed by atoms with Crippen LogP contribution in [-0.2, 0) is 9.53 Å². The first-order valence-electron chi connectivity index (χ1n) is 5.50. The molecule has 0 aromatic heterocycles. The Morgan fingerprint density at radius 1 is 1.36 bits per heavy atom. The standard InChI is InChI=1S/C12H22O2/c1-4-5-6-7-8-9-10-11(2)14-12(3)13/h9-11H,4-8H2,1-3H3/b10-9+. The number of carbonyl (C=O) groups is 1. The maximum absolute atomic E-state index is 10.6. The highest BCUT2D eigenvalue weighted by Crippen LogP contribution is 2.04. The molecule has 2 nitrogen and oxygen atoms in total. The molecule has 0 saturated heterocycles. The molecule has 14 heavy (non-hydrogen) atoms. The highest BCUT2D eigenvalue weighted by Gasteiger charge is 1.98. The molecule has 0 aliphatic heterocycles. The van der Waals surface area contributed by atoms with Gasteiger partial charge in [-0.05, 0) is 25.8 Å². The number of allylic oxidation sites excluding steroid dienone is 1. The van der Waals surface area contributed by atoms with Gasteiger partial charge in [-0.3, -0.25) is 4.79 Å². The van der Waals surface area contributed by atoms with Gasteiger partial charge in [0.2, 0.25) is 0 Å². The van der Waals surface area contributed by atoms with Crippen LogP contribution in [-0.4, -0.2) is 12.1 Å². The van der Waals surface area contributed by atoms with Gasteiger partial charge in [0.25, 0.3) is 0 Å². The van der Waals surface area contributed by atoms with Gasteiger partial charge in [-0.2, -0.15) is 0 Å². The van der Waals surface area contributed by atoms with Gasteiger partial charge < -0.3 is 4.74 Å². The molecule has 0 spiro atoms. The summed E-state index contributed by atoms with van der Waals surface area (Å²) in [6, 6.07) is 0. The lowest BCUT2D eigenvalue weighted by molar-refractivity contribution is -0.143. The Kier molecular flexibility index (Phi) is 8.30. The maximum Gasteiger partial charge on any atom is 0.303 e. The van der Waals surface area contributed by atoms with E-state index in [9.17, 15) is 4.79 Å². The van der Waals surface area contributed by atoms with E-state index in [0.717, 1.165) is 6.42 Å². The fourth-order valence-electron chi connectivity index (χ4n) is 1.28. The Labute approximate surface area is 87.3 Å². The Balaban J connectivity index is 3.37. The minimum absolute atomic E-state index is 0.0846. The van der Waals surface area contributed by atoms with E-state index >= 15 is 0 Å². The quantitative estimate of drug-likeness (QED) is 0.356. The Hall–Kier alpha value is -0.790. The van der Waals surface area contributed by atoms with Gasteiger partial charge in [-0.1, -0.05) is 32.3 Å². The highest BCUT2D eigenvalue weighted by molar-refractivity contribution is 5.66. The molecule has 0 aromatic rings. The van der Waals surface area contributed by atoms with E-state index in [0.29, 0.717) is 0 Å². The number of rotatable bonds is 7. The predicted octanol–water partition coefficient (Wildman–Crippen LogP) is 3.46. The van der Waals surface area contributed by atoms with E-state index in [1.807, 2.05) is 13.0 Å². The van der Waals surface area contributed by atoms with Crippen LogP contribution in [0.4, 0.5) is 0 Å². The number of carbonyl (C=O) groups excluding carboxylic acids is 1. The van der Waals surface area contributed by atoms with Crippen LogP contribution in [0.1, 0.15) is 52.9 Å². The fourth-order valence-corrected chi connectivity index (χ4v) is 1.28. The zero-order valence-corrected chi connectivity index (χ0v) is 9.58. The van der Waals surface area contributed by atoms with E-state index in [-0.39, 0.29) is 12.1 Å². The molecule has 0 N–H and O–H groups in total. The third-order valence-corrected chi connectivity index (χ3v) is 1.98. The molecular formula is C12H22O2. The summed E-state index contributed by atoms with van der Waals surface area (Å²) in [6.45, 7) is 5.52. The molecule has 0 fully saturated rings. The highest BCUT2D eigenvalue weighted by atomic mass is 16.5. The summed E-state index contributed by atoms with van der Waals surface area (Å²) in [5.41, 5.74) is 0. The first-order chi connectivity index (χ1) is 6.66. The average molecular weight is 198 g/mol. The van der Waals surface area contributed by atoms with Crippen LogP contribution in [0.25, 0.3) is 0 Å². The number of hydrogen-bond acceptors (Lipinski definition) is 2. The molecule has 0 aromatic carbocycles. The van der Waals surface area contributed by atoms with Crippen LogP contribution < -0.4 is 0 Å². The molecule has 0 heterocycles. The summed E-state index contributed by atoms with van der Waals surface area (Å²) >= 11 is 0. The zero-order chi connectivity index (χ0) is 10.8. The van der Waals surface area contributed by atoms with Gasteiger partial charge in [0.05, 0.1) is 0 Å². The molecule has 0 rings (SSSR count).